The third-order valence-corrected chi connectivity index (χ3v) is 3.69. The molecule has 0 amide bonds. The van der Waals surface area contributed by atoms with E-state index in [0.717, 1.165) is 23.0 Å². The van der Waals surface area contributed by atoms with E-state index in [-0.39, 0.29) is 0 Å². The highest BCUT2D eigenvalue weighted by Crippen LogP contribution is 2.32. The molecule has 0 unspecified atom stereocenters. The highest BCUT2D eigenvalue weighted by atomic mass is 79.9. The summed E-state index contributed by atoms with van der Waals surface area (Å²) in [5.41, 5.74) is 1.17. The molecule has 2 rings (SSSR count). The summed E-state index contributed by atoms with van der Waals surface area (Å²) in [6, 6.07) is 5.78. The van der Waals surface area contributed by atoms with E-state index >= 15 is 0 Å². The summed E-state index contributed by atoms with van der Waals surface area (Å²) in [5, 5.41) is 9.14. The lowest BCUT2D eigenvalue weighted by Crippen LogP contribution is -2.37. The monoisotopic (exact) mass is 283 g/mol. The van der Waals surface area contributed by atoms with Gasteiger partial charge in [0.05, 0.1) is 11.3 Å². The first-order valence-electron chi connectivity index (χ1n) is 5.35. The van der Waals surface area contributed by atoms with E-state index in [4.69, 9.17) is 5.11 Å². The van der Waals surface area contributed by atoms with Gasteiger partial charge in [0.25, 0.3) is 0 Å². The van der Waals surface area contributed by atoms with Crippen molar-refractivity contribution in [3.63, 3.8) is 0 Å². The van der Waals surface area contributed by atoms with Gasteiger partial charge in [0.15, 0.2) is 0 Å². The number of nitrogens with zero attached hydrogens (tertiary/aromatic N) is 1. The van der Waals surface area contributed by atoms with Crippen molar-refractivity contribution in [1.82, 2.24) is 0 Å². The minimum absolute atomic E-state index is 0.373. The predicted molar refractivity (Wildman–Crippen MR) is 67.1 cm³/mol. The molecule has 1 fully saturated rings. The number of hydrogen-bond donors (Lipinski definition) is 1. The highest BCUT2D eigenvalue weighted by Gasteiger charge is 2.25. The van der Waals surface area contributed by atoms with Crippen molar-refractivity contribution >= 4 is 27.6 Å². The molecule has 4 heteroatoms. The van der Waals surface area contributed by atoms with Crippen LogP contribution in [0.5, 0.6) is 0 Å². The molecule has 1 aromatic carbocycles. The fourth-order valence-corrected chi connectivity index (χ4v) is 2.30. The molecule has 0 radical (unpaired) electrons. The standard InChI is InChI=1S/C12H14BrNO2/c1-14(9-3-2-4-9)11-7-8(13)5-6-10(11)12(15)16/h5-7,9H,2-4H2,1H3,(H,15,16). The molecule has 0 aromatic heterocycles. The first kappa shape index (κ1) is 11.5. The minimum atomic E-state index is -0.867. The Morgan fingerprint density at radius 1 is 1.50 bits per heavy atom. The summed E-state index contributed by atoms with van der Waals surface area (Å²) in [7, 11) is 1.97. The number of halogens is 1. The summed E-state index contributed by atoms with van der Waals surface area (Å²) in [5.74, 6) is -0.867. The number of carbonyl (C=O) groups is 1. The molecule has 16 heavy (non-hydrogen) atoms. The molecule has 1 saturated carbocycles. The topological polar surface area (TPSA) is 40.5 Å². The lowest BCUT2D eigenvalue weighted by Gasteiger charge is -2.37. The van der Waals surface area contributed by atoms with Crippen molar-refractivity contribution in [2.75, 3.05) is 11.9 Å². The maximum Gasteiger partial charge on any atom is 0.337 e. The summed E-state index contributed by atoms with van der Waals surface area (Å²) in [4.78, 5) is 13.2. The molecular formula is C12H14BrNO2. The molecule has 0 atom stereocenters. The zero-order chi connectivity index (χ0) is 11.7. The third kappa shape index (κ3) is 2.07. The Bertz CT molecular complexity index is 415. The lowest BCUT2D eigenvalue weighted by atomic mass is 9.91. The third-order valence-electron chi connectivity index (χ3n) is 3.19. The second kappa shape index (κ2) is 4.45. The van der Waals surface area contributed by atoms with Crippen LogP contribution in [0, 0.1) is 0 Å². The zero-order valence-corrected chi connectivity index (χ0v) is 10.7. The Hall–Kier alpha value is -1.03. The average Bonchev–Trinajstić information content (AvgIpc) is 2.14. The molecule has 1 aliphatic carbocycles. The predicted octanol–water partition coefficient (Wildman–Crippen LogP) is 3.14. The largest absolute Gasteiger partial charge is 0.478 e. The molecule has 0 aliphatic heterocycles. The van der Waals surface area contributed by atoms with Gasteiger partial charge in [-0.25, -0.2) is 4.79 Å². The minimum Gasteiger partial charge on any atom is -0.478 e. The van der Waals surface area contributed by atoms with E-state index < -0.39 is 5.97 Å². The van der Waals surface area contributed by atoms with Crippen LogP contribution < -0.4 is 4.90 Å². The van der Waals surface area contributed by atoms with E-state index in [9.17, 15) is 4.79 Å². The van der Waals surface area contributed by atoms with Crippen LogP contribution in [0.25, 0.3) is 0 Å². The Kier molecular flexibility index (Phi) is 3.19. The van der Waals surface area contributed by atoms with Gasteiger partial charge < -0.3 is 10.0 Å². The van der Waals surface area contributed by atoms with Crippen LogP contribution in [-0.4, -0.2) is 24.2 Å². The Morgan fingerprint density at radius 3 is 2.69 bits per heavy atom. The van der Waals surface area contributed by atoms with Crippen LogP contribution >= 0.6 is 15.9 Å². The van der Waals surface area contributed by atoms with Gasteiger partial charge in [-0.1, -0.05) is 15.9 Å². The van der Waals surface area contributed by atoms with Gasteiger partial charge in [-0.05, 0) is 37.5 Å². The summed E-state index contributed by atoms with van der Waals surface area (Å²) in [6.07, 6.45) is 3.55. The van der Waals surface area contributed by atoms with Crippen LogP contribution in [0.4, 0.5) is 5.69 Å². The normalized spacial score (nSPS) is 15.6. The van der Waals surface area contributed by atoms with Crippen molar-refractivity contribution in [3.05, 3.63) is 28.2 Å². The Morgan fingerprint density at radius 2 is 2.19 bits per heavy atom. The van der Waals surface area contributed by atoms with E-state index in [1.165, 1.54) is 6.42 Å². The van der Waals surface area contributed by atoms with Crippen molar-refractivity contribution in [3.8, 4) is 0 Å². The molecule has 1 N–H and O–H groups in total. The second-order valence-electron chi connectivity index (χ2n) is 4.16. The molecule has 1 aliphatic rings. The van der Waals surface area contributed by atoms with Crippen LogP contribution in [0.2, 0.25) is 0 Å². The summed E-state index contributed by atoms with van der Waals surface area (Å²) >= 11 is 3.38. The number of anilines is 1. The van der Waals surface area contributed by atoms with Gasteiger partial charge in [-0.15, -0.1) is 0 Å². The number of aromatic carboxylic acids is 1. The van der Waals surface area contributed by atoms with Crippen LogP contribution in [0.1, 0.15) is 29.6 Å². The van der Waals surface area contributed by atoms with Gasteiger partial charge in [0.1, 0.15) is 0 Å². The molecule has 3 nitrogen and oxygen atoms in total. The molecule has 0 saturated heterocycles. The number of benzene rings is 1. The van der Waals surface area contributed by atoms with Gasteiger partial charge in [0, 0.05) is 17.6 Å². The first-order valence-corrected chi connectivity index (χ1v) is 6.14. The molecular weight excluding hydrogens is 270 g/mol. The fraction of sp³-hybridized carbons (Fsp3) is 0.417. The van der Waals surface area contributed by atoms with E-state index in [0.29, 0.717) is 11.6 Å². The van der Waals surface area contributed by atoms with Gasteiger partial charge in [-0.2, -0.15) is 0 Å². The van der Waals surface area contributed by atoms with E-state index in [2.05, 4.69) is 20.8 Å². The molecule has 86 valence electrons. The summed E-state index contributed by atoms with van der Waals surface area (Å²) in [6.45, 7) is 0. The highest BCUT2D eigenvalue weighted by molar-refractivity contribution is 9.10. The SMILES string of the molecule is CN(c1cc(Br)ccc1C(=O)O)C1CCC1. The van der Waals surface area contributed by atoms with Crippen molar-refractivity contribution < 1.29 is 9.90 Å². The van der Waals surface area contributed by atoms with Gasteiger partial charge >= 0.3 is 5.97 Å². The van der Waals surface area contributed by atoms with Gasteiger partial charge in [-0.3, -0.25) is 0 Å². The Labute approximate surface area is 103 Å². The molecule has 0 spiro atoms. The first-order chi connectivity index (χ1) is 7.59. The molecule has 0 bridgehead atoms. The maximum atomic E-state index is 11.1. The zero-order valence-electron chi connectivity index (χ0n) is 9.11. The number of carboxylic acids is 1. The molecule has 0 heterocycles. The van der Waals surface area contributed by atoms with Crippen molar-refractivity contribution in [2.24, 2.45) is 0 Å². The fourth-order valence-electron chi connectivity index (χ4n) is 1.95. The smallest absolute Gasteiger partial charge is 0.337 e. The molecule has 1 aromatic rings. The number of rotatable bonds is 3. The van der Waals surface area contributed by atoms with Crippen LogP contribution in [0.15, 0.2) is 22.7 Å². The maximum absolute atomic E-state index is 11.1. The number of carboxylic acid groups (broad SMARTS) is 1. The van der Waals surface area contributed by atoms with Crippen molar-refractivity contribution in [2.45, 2.75) is 25.3 Å². The quantitative estimate of drug-likeness (QED) is 0.927. The van der Waals surface area contributed by atoms with E-state index in [1.54, 1.807) is 12.1 Å². The van der Waals surface area contributed by atoms with Crippen molar-refractivity contribution in [1.29, 1.82) is 0 Å². The Balaban J connectivity index is 2.36. The average molecular weight is 284 g/mol. The van der Waals surface area contributed by atoms with E-state index in [1.807, 2.05) is 13.1 Å². The summed E-state index contributed by atoms with van der Waals surface area (Å²) < 4.78 is 0.915. The van der Waals surface area contributed by atoms with Gasteiger partial charge in [0.2, 0.25) is 0 Å². The van der Waals surface area contributed by atoms with Crippen LogP contribution in [0.3, 0.4) is 0 Å². The lowest BCUT2D eigenvalue weighted by molar-refractivity contribution is 0.0697. The van der Waals surface area contributed by atoms with Crippen LogP contribution in [-0.2, 0) is 0 Å². The second-order valence-corrected chi connectivity index (χ2v) is 5.08. The number of hydrogen-bond acceptors (Lipinski definition) is 2.